The normalized spacial score (nSPS) is 17.0. The molecule has 0 saturated heterocycles. The van der Waals surface area contributed by atoms with Gasteiger partial charge in [0.25, 0.3) is 5.91 Å². The molecule has 0 spiro atoms. The molecule has 2 bridgehead atoms. The second-order valence-corrected chi connectivity index (χ2v) is 12.8. The Morgan fingerprint density at radius 2 is 1.71 bits per heavy atom. The lowest BCUT2D eigenvalue weighted by Gasteiger charge is -2.22. The minimum Gasteiger partial charge on any atom is -0.368 e. The van der Waals surface area contributed by atoms with Gasteiger partial charge in [-0.3, -0.25) is 19.2 Å². The third-order valence-corrected chi connectivity index (χ3v) is 9.28. The number of aromatic nitrogens is 3. The van der Waals surface area contributed by atoms with Gasteiger partial charge in [0, 0.05) is 62.5 Å². The van der Waals surface area contributed by atoms with Gasteiger partial charge in [-0.1, -0.05) is 36.4 Å². The molecule has 3 aromatic heterocycles. The summed E-state index contributed by atoms with van der Waals surface area (Å²) in [5.41, 5.74) is 2.93. The zero-order valence-electron chi connectivity index (χ0n) is 26.5. The van der Waals surface area contributed by atoms with Crippen LogP contribution in [-0.2, 0) is 27.2 Å². The van der Waals surface area contributed by atoms with Crippen LogP contribution in [-0.4, -0.2) is 82.2 Å². The highest BCUT2D eigenvalue weighted by molar-refractivity contribution is 7.18. The first-order valence-corrected chi connectivity index (χ1v) is 17.0. The SMILES string of the molecule is O=C1CN(C(=O)CCc2nc3ccccc3s2)CCCCNC(=O)[C@H](Cc2c[nH]c3ccccc23)NC(=O)c2cccc(n2)NCCN1. The van der Waals surface area contributed by atoms with Crippen molar-refractivity contribution in [1.29, 1.82) is 0 Å². The first-order valence-electron chi connectivity index (χ1n) is 16.2. The fourth-order valence-corrected chi connectivity index (χ4v) is 6.66. The van der Waals surface area contributed by atoms with Crippen LogP contribution in [0.3, 0.4) is 0 Å². The lowest BCUT2D eigenvalue weighted by molar-refractivity contribution is -0.136. The number of hydrogen-bond acceptors (Lipinski definition) is 8. The van der Waals surface area contributed by atoms with Gasteiger partial charge in [-0.25, -0.2) is 9.97 Å². The molecule has 1 aliphatic rings. The van der Waals surface area contributed by atoms with Crippen molar-refractivity contribution < 1.29 is 19.2 Å². The van der Waals surface area contributed by atoms with Gasteiger partial charge in [-0.15, -0.1) is 11.3 Å². The number of amides is 4. The van der Waals surface area contributed by atoms with Gasteiger partial charge >= 0.3 is 0 Å². The topological polar surface area (TPSA) is 161 Å². The van der Waals surface area contributed by atoms with Gasteiger partial charge in [0.2, 0.25) is 17.7 Å². The Balaban J connectivity index is 1.14. The van der Waals surface area contributed by atoms with Crippen molar-refractivity contribution in [2.45, 2.75) is 38.1 Å². The standard InChI is InChI=1S/C35H38N8O4S/c44-31-22-43(33(45)15-14-32-41-26-10-3-4-12-29(26)48-32)19-6-5-16-38-34(46)28(20-23-21-39-25-9-2-1-8-24(23)25)42-35(47)27-11-7-13-30(40-27)36-17-18-37-31/h1-4,7-13,21,28,39H,5-6,14-20,22H2,(H,36,40)(H,37,44)(H,38,46)(H,42,47)/t28-/m0/s1. The second kappa shape index (κ2) is 15.5. The molecule has 1 atom stereocenters. The van der Waals surface area contributed by atoms with Crippen molar-refractivity contribution in [1.82, 2.24) is 35.8 Å². The van der Waals surface area contributed by atoms with Gasteiger partial charge in [0.1, 0.15) is 17.6 Å². The van der Waals surface area contributed by atoms with E-state index in [-0.39, 0.29) is 42.8 Å². The summed E-state index contributed by atoms with van der Waals surface area (Å²) < 4.78 is 1.08. The number of aryl methyl sites for hydroxylation is 1. The highest BCUT2D eigenvalue weighted by atomic mass is 32.1. The van der Waals surface area contributed by atoms with Gasteiger partial charge in [0.05, 0.1) is 21.8 Å². The van der Waals surface area contributed by atoms with Gasteiger partial charge in [-0.2, -0.15) is 0 Å². The molecule has 5 N–H and O–H groups in total. The molecule has 0 fully saturated rings. The molecule has 12 nitrogen and oxygen atoms in total. The van der Waals surface area contributed by atoms with Crippen molar-refractivity contribution in [2.75, 3.05) is 38.0 Å². The number of H-pyrrole nitrogens is 1. The largest absolute Gasteiger partial charge is 0.368 e. The smallest absolute Gasteiger partial charge is 0.270 e. The average Bonchev–Trinajstić information content (AvgIpc) is 3.71. The van der Waals surface area contributed by atoms with E-state index in [2.05, 4.69) is 36.2 Å². The predicted molar refractivity (Wildman–Crippen MR) is 186 cm³/mol. The average molecular weight is 667 g/mol. The molecule has 4 amide bonds. The Kier molecular flexibility index (Phi) is 10.6. The molecule has 2 aromatic carbocycles. The van der Waals surface area contributed by atoms with E-state index in [1.54, 1.807) is 34.4 Å². The summed E-state index contributed by atoms with van der Waals surface area (Å²) in [4.78, 5) is 66.9. The number of anilines is 1. The maximum atomic E-state index is 13.5. The molecule has 248 valence electrons. The molecular weight excluding hydrogens is 629 g/mol. The minimum absolute atomic E-state index is 0.0656. The Morgan fingerprint density at radius 3 is 2.60 bits per heavy atom. The van der Waals surface area contributed by atoms with Crippen molar-refractivity contribution >= 4 is 61.9 Å². The lowest BCUT2D eigenvalue weighted by atomic mass is 10.0. The van der Waals surface area contributed by atoms with Gasteiger partial charge in [0.15, 0.2) is 0 Å². The fraction of sp³-hybridized carbons (Fsp3) is 0.314. The lowest BCUT2D eigenvalue weighted by Crippen LogP contribution is -2.48. The number of nitrogens with zero attached hydrogens (tertiary/aromatic N) is 3. The third kappa shape index (κ3) is 8.34. The van der Waals surface area contributed by atoms with E-state index in [0.717, 1.165) is 31.7 Å². The molecule has 0 aliphatic carbocycles. The van der Waals surface area contributed by atoms with Crippen LogP contribution >= 0.6 is 11.3 Å². The number of pyridine rings is 1. The molecule has 48 heavy (non-hydrogen) atoms. The zero-order valence-corrected chi connectivity index (χ0v) is 27.3. The van der Waals surface area contributed by atoms with Crippen LogP contribution < -0.4 is 21.3 Å². The number of para-hydroxylation sites is 2. The fourth-order valence-electron chi connectivity index (χ4n) is 5.70. The van der Waals surface area contributed by atoms with Crippen LogP contribution in [0, 0.1) is 0 Å². The number of thiazole rings is 1. The first-order chi connectivity index (χ1) is 23.4. The number of benzene rings is 2. The molecule has 0 radical (unpaired) electrons. The van der Waals surface area contributed by atoms with Crippen LogP contribution in [0.25, 0.3) is 21.1 Å². The highest BCUT2D eigenvalue weighted by Crippen LogP contribution is 2.23. The number of aromatic amines is 1. The van der Waals surface area contributed by atoms with E-state index in [0.29, 0.717) is 51.3 Å². The monoisotopic (exact) mass is 666 g/mol. The van der Waals surface area contributed by atoms with E-state index in [9.17, 15) is 19.2 Å². The summed E-state index contributed by atoms with van der Waals surface area (Å²) in [6, 6.07) is 19.9. The number of hydrogen-bond donors (Lipinski definition) is 5. The van der Waals surface area contributed by atoms with Crippen LogP contribution in [0.15, 0.2) is 72.9 Å². The quantitative estimate of drug-likeness (QED) is 0.192. The zero-order chi connectivity index (χ0) is 33.3. The summed E-state index contributed by atoms with van der Waals surface area (Å²) in [7, 11) is 0. The molecule has 5 aromatic rings. The first kappa shape index (κ1) is 32.6. The number of nitrogens with one attached hydrogen (secondary N) is 5. The summed E-state index contributed by atoms with van der Waals surface area (Å²) in [6.07, 6.45) is 4.03. The summed E-state index contributed by atoms with van der Waals surface area (Å²) in [5.74, 6) is -0.717. The maximum Gasteiger partial charge on any atom is 0.270 e. The maximum absolute atomic E-state index is 13.5. The third-order valence-electron chi connectivity index (χ3n) is 8.19. The minimum atomic E-state index is -0.848. The van der Waals surface area contributed by atoms with E-state index >= 15 is 0 Å². The predicted octanol–water partition coefficient (Wildman–Crippen LogP) is 3.41. The molecule has 4 heterocycles. The van der Waals surface area contributed by atoms with Crippen molar-refractivity contribution in [2.24, 2.45) is 0 Å². The summed E-state index contributed by atoms with van der Waals surface area (Å²) in [6.45, 7) is 1.31. The number of carbonyl (C=O) groups excluding carboxylic acids is 4. The highest BCUT2D eigenvalue weighted by Gasteiger charge is 2.24. The van der Waals surface area contributed by atoms with E-state index in [4.69, 9.17) is 0 Å². The Bertz CT molecular complexity index is 1890. The second-order valence-electron chi connectivity index (χ2n) is 11.7. The van der Waals surface area contributed by atoms with Crippen LogP contribution in [0.2, 0.25) is 0 Å². The van der Waals surface area contributed by atoms with E-state index < -0.39 is 11.9 Å². The van der Waals surface area contributed by atoms with Crippen LogP contribution in [0.1, 0.15) is 40.3 Å². The Morgan fingerprint density at radius 1 is 0.875 bits per heavy atom. The van der Waals surface area contributed by atoms with E-state index in [1.165, 1.54) is 0 Å². The van der Waals surface area contributed by atoms with Crippen molar-refractivity contribution in [3.8, 4) is 0 Å². The number of rotatable bonds is 5. The van der Waals surface area contributed by atoms with Crippen LogP contribution in [0.5, 0.6) is 0 Å². The van der Waals surface area contributed by atoms with Crippen LogP contribution in [0.4, 0.5) is 5.82 Å². The van der Waals surface area contributed by atoms with Crippen molar-refractivity contribution in [3.63, 3.8) is 0 Å². The van der Waals surface area contributed by atoms with E-state index in [1.807, 2.05) is 54.7 Å². The van der Waals surface area contributed by atoms with Gasteiger partial charge < -0.3 is 31.2 Å². The molecule has 6 rings (SSSR count). The van der Waals surface area contributed by atoms with Gasteiger partial charge in [-0.05, 0) is 48.7 Å². The molecule has 1 aliphatic heterocycles. The summed E-state index contributed by atoms with van der Waals surface area (Å²) in [5, 5.41) is 13.7. The Hall–Kier alpha value is -5.30. The molecule has 13 heteroatoms. The Labute approximate surface area is 281 Å². The molecular formula is C35H38N8O4S. The molecule has 0 unspecified atom stereocenters. The summed E-state index contributed by atoms with van der Waals surface area (Å²) >= 11 is 1.57. The molecule has 0 saturated carbocycles. The number of fused-ring (bicyclic) bond motifs is 4. The van der Waals surface area contributed by atoms with Crippen molar-refractivity contribution in [3.05, 3.63) is 89.2 Å². The number of carbonyl (C=O) groups is 4.